The Morgan fingerprint density at radius 2 is 2.04 bits per heavy atom. The normalized spacial score (nSPS) is 11.4. The van der Waals surface area contributed by atoms with Gasteiger partial charge in [0.05, 0.1) is 5.69 Å². The summed E-state index contributed by atoms with van der Waals surface area (Å²) in [6, 6.07) is 12.7. The van der Waals surface area contributed by atoms with Crippen molar-refractivity contribution in [2.24, 2.45) is 0 Å². The maximum Gasteiger partial charge on any atom is 0.155 e. The summed E-state index contributed by atoms with van der Waals surface area (Å²) in [4.78, 5) is 15.0. The number of rotatable bonds is 4. The van der Waals surface area contributed by atoms with Crippen molar-refractivity contribution in [3.63, 3.8) is 0 Å². The summed E-state index contributed by atoms with van der Waals surface area (Å²) in [5, 5.41) is 11.7. The van der Waals surface area contributed by atoms with Gasteiger partial charge < -0.3 is 10.1 Å². The highest BCUT2D eigenvalue weighted by atomic mass is 35.5. The lowest BCUT2D eigenvalue weighted by Gasteiger charge is -2.05. The first-order chi connectivity index (χ1) is 11.1. The van der Waals surface area contributed by atoms with E-state index < -0.39 is 0 Å². The number of ketones is 1. The van der Waals surface area contributed by atoms with Gasteiger partial charge in [-0.3, -0.25) is 4.79 Å². The Bertz CT molecular complexity index is 909. The zero-order chi connectivity index (χ0) is 16.4. The summed E-state index contributed by atoms with van der Waals surface area (Å²) < 4.78 is 0. The summed E-state index contributed by atoms with van der Waals surface area (Å²) in [5.74, 6) is 0.189. The lowest BCUT2D eigenvalue weighted by molar-refractivity contribution is -0.114. The summed E-state index contributed by atoms with van der Waals surface area (Å²) in [7, 11) is 0. The van der Waals surface area contributed by atoms with E-state index in [1.807, 2.05) is 31.2 Å². The monoisotopic (exact) mass is 325 g/mol. The van der Waals surface area contributed by atoms with Crippen LogP contribution in [0.2, 0.25) is 5.02 Å². The minimum absolute atomic E-state index is 0.0524. The van der Waals surface area contributed by atoms with E-state index in [4.69, 9.17) is 11.6 Å². The summed E-state index contributed by atoms with van der Waals surface area (Å²) in [5.41, 5.74) is 3.15. The van der Waals surface area contributed by atoms with Gasteiger partial charge in [0, 0.05) is 33.5 Å². The van der Waals surface area contributed by atoms with Gasteiger partial charge in [-0.1, -0.05) is 36.7 Å². The Hall–Kier alpha value is -2.52. The standard InChI is InChI=1S/C19H16ClNO2/c1-2-13(22)8-9-15-14-5-3-4-6-17(14)21-19(15)16-11-12(20)7-10-18(16)23/h3-11,21,23H,2H2,1H3/b9-8+. The van der Waals surface area contributed by atoms with Gasteiger partial charge in [-0.25, -0.2) is 0 Å². The van der Waals surface area contributed by atoms with Crippen LogP contribution in [0.5, 0.6) is 5.75 Å². The third-order valence-corrected chi connectivity index (χ3v) is 3.99. The topological polar surface area (TPSA) is 53.1 Å². The van der Waals surface area contributed by atoms with Crippen molar-refractivity contribution >= 4 is 34.4 Å². The number of aromatic amines is 1. The van der Waals surface area contributed by atoms with E-state index in [-0.39, 0.29) is 11.5 Å². The molecule has 116 valence electrons. The molecule has 0 aliphatic heterocycles. The summed E-state index contributed by atoms with van der Waals surface area (Å²) in [6.45, 7) is 1.83. The van der Waals surface area contributed by atoms with Crippen LogP contribution in [0.3, 0.4) is 0 Å². The number of allylic oxidation sites excluding steroid dienone is 1. The SMILES string of the molecule is CCC(=O)/C=C/c1c(-c2cc(Cl)ccc2O)[nH]c2ccccc12. The van der Waals surface area contributed by atoms with E-state index >= 15 is 0 Å². The van der Waals surface area contributed by atoms with Crippen LogP contribution in [-0.4, -0.2) is 15.9 Å². The van der Waals surface area contributed by atoms with Gasteiger partial charge in [0.15, 0.2) is 5.78 Å². The Balaban J connectivity index is 2.25. The third-order valence-electron chi connectivity index (χ3n) is 3.76. The van der Waals surface area contributed by atoms with Crippen molar-refractivity contribution in [3.8, 4) is 17.0 Å². The van der Waals surface area contributed by atoms with Crippen molar-refractivity contribution in [1.29, 1.82) is 0 Å². The van der Waals surface area contributed by atoms with E-state index in [0.717, 1.165) is 22.2 Å². The fourth-order valence-corrected chi connectivity index (χ4v) is 2.72. The van der Waals surface area contributed by atoms with Crippen LogP contribution >= 0.6 is 11.6 Å². The first-order valence-corrected chi connectivity index (χ1v) is 7.78. The molecule has 3 rings (SSSR count). The first-order valence-electron chi connectivity index (χ1n) is 7.40. The number of carbonyl (C=O) groups excluding carboxylic acids is 1. The minimum atomic E-state index is 0.0524. The van der Waals surface area contributed by atoms with E-state index in [9.17, 15) is 9.90 Å². The molecule has 4 heteroatoms. The molecule has 1 heterocycles. The van der Waals surface area contributed by atoms with Crippen molar-refractivity contribution in [2.45, 2.75) is 13.3 Å². The average Bonchev–Trinajstić information content (AvgIpc) is 2.93. The number of phenols is 1. The molecule has 0 fully saturated rings. The fraction of sp³-hybridized carbons (Fsp3) is 0.105. The van der Waals surface area contributed by atoms with E-state index in [1.165, 1.54) is 0 Å². The van der Waals surface area contributed by atoms with Crippen molar-refractivity contribution in [1.82, 2.24) is 4.98 Å². The lowest BCUT2D eigenvalue weighted by atomic mass is 10.0. The van der Waals surface area contributed by atoms with Crippen LogP contribution < -0.4 is 0 Å². The van der Waals surface area contributed by atoms with Gasteiger partial charge in [-0.2, -0.15) is 0 Å². The molecular weight excluding hydrogens is 310 g/mol. The molecule has 0 bridgehead atoms. The molecule has 3 aromatic rings. The third kappa shape index (κ3) is 3.01. The number of halogens is 1. The van der Waals surface area contributed by atoms with Crippen LogP contribution in [0.25, 0.3) is 28.2 Å². The highest BCUT2D eigenvalue weighted by Gasteiger charge is 2.14. The zero-order valence-corrected chi connectivity index (χ0v) is 13.4. The molecule has 3 nitrogen and oxygen atoms in total. The van der Waals surface area contributed by atoms with Crippen LogP contribution in [0, 0.1) is 0 Å². The molecule has 0 saturated heterocycles. The molecule has 0 spiro atoms. The lowest BCUT2D eigenvalue weighted by Crippen LogP contribution is -1.88. The predicted molar refractivity (Wildman–Crippen MR) is 94.7 cm³/mol. The number of hydrogen-bond donors (Lipinski definition) is 2. The first kappa shape index (κ1) is 15.4. The molecule has 0 unspecified atom stereocenters. The molecule has 2 N–H and O–H groups in total. The Kier molecular flexibility index (Phi) is 4.22. The molecule has 0 aliphatic rings. The van der Waals surface area contributed by atoms with Crippen LogP contribution in [-0.2, 0) is 4.79 Å². The molecule has 0 saturated carbocycles. The van der Waals surface area contributed by atoms with Gasteiger partial charge in [-0.05, 0) is 36.4 Å². The van der Waals surface area contributed by atoms with Crippen LogP contribution in [0.1, 0.15) is 18.9 Å². The molecule has 0 aliphatic carbocycles. The number of H-pyrrole nitrogens is 1. The second kappa shape index (κ2) is 6.31. The number of benzene rings is 2. The molecule has 23 heavy (non-hydrogen) atoms. The number of carbonyl (C=O) groups is 1. The summed E-state index contributed by atoms with van der Waals surface area (Å²) >= 11 is 6.07. The van der Waals surface area contributed by atoms with E-state index in [1.54, 1.807) is 30.4 Å². The average molecular weight is 326 g/mol. The minimum Gasteiger partial charge on any atom is -0.507 e. The highest BCUT2D eigenvalue weighted by molar-refractivity contribution is 6.31. The molecule has 0 amide bonds. The van der Waals surface area contributed by atoms with Gasteiger partial charge in [0.2, 0.25) is 0 Å². The van der Waals surface area contributed by atoms with Crippen molar-refractivity contribution in [3.05, 3.63) is 59.1 Å². The smallest absolute Gasteiger partial charge is 0.155 e. The highest BCUT2D eigenvalue weighted by Crippen LogP contribution is 2.37. The van der Waals surface area contributed by atoms with E-state index in [0.29, 0.717) is 17.0 Å². The predicted octanol–water partition coefficient (Wildman–Crippen LogP) is 5.19. The van der Waals surface area contributed by atoms with E-state index in [2.05, 4.69) is 4.98 Å². The number of nitrogens with one attached hydrogen (secondary N) is 1. The number of aromatic hydroxyl groups is 1. The Morgan fingerprint density at radius 3 is 2.83 bits per heavy atom. The number of para-hydroxylation sites is 1. The zero-order valence-electron chi connectivity index (χ0n) is 12.6. The molecule has 2 aromatic carbocycles. The van der Waals surface area contributed by atoms with Crippen molar-refractivity contribution < 1.29 is 9.90 Å². The maximum absolute atomic E-state index is 11.6. The molecule has 1 aromatic heterocycles. The Morgan fingerprint density at radius 1 is 1.26 bits per heavy atom. The van der Waals surface area contributed by atoms with Crippen molar-refractivity contribution in [2.75, 3.05) is 0 Å². The van der Waals surface area contributed by atoms with Crippen LogP contribution in [0.4, 0.5) is 0 Å². The van der Waals surface area contributed by atoms with Gasteiger partial charge in [0.25, 0.3) is 0 Å². The largest absolute Gasteiger partial charge is 0.507 e. The number of fused-ring (bicyclic) bond motifs is 1. The maximum atomic E-state index is 11.6. The second-order valence-corrected chi connectivity index (χ2v) is 5.71. The second-order valence-electron chi connectivity index (χ2n) is 5.27. The van der Waals surface area contributed by atoms with Gasteiger partial charge >= 0.3 is 0 Å². The Labute approximate surface area is 139 Å². The fourth-order valence-electron chi connectivity index (χ4n) is 2.55. The molecular formula is C19H16ClNO2. The molecule has 0 atom stereocenters. The summed E-state index contributed by atoms with van der Waals surface area (Å²) in [6.07, 6.45) is 3.82. The molecule has 0 radical (unpaired) electrons. The van der Waals surface area contributed by atoms with Gasteiger partial charge in [-0.15, -0.1) is 0 Å². The van der Waals surface area contributed by atoms with Crippen LogP contribution in [0.15, 0.2) is 48.5 Å². The van der Waals surface area contributed by atoms with Gasteiger partial charge in [0.1, 0.15) is 5.75 Å². The quantitative estimate of drug-likeness (QED) is 0.649. The number of hydrogen-bond acceptors (Lipinski definition) is 2. The number of phenolic OH excluding ortho intramolecular Hbond substituents is 1. The number of aromatic nitrogens is 1.